The van der Waals surface area contributed by atoms with E-state index in [1.54, 1.807) is 0 Å². The fourth-order valence-electron chi connectivity index (χ4n) is 1.25. The van der Waals surface area contributed by atoms with E-state index < -0.39 is 0 Å². The Morgan fingerprint density at radius 1 is 1.13 bits per heavy atom. The minimum absolute atomic E-state index is 0.700. The van der Waals surface area contributed by atoms with E-state index in [0.29, 0.717) is 5.92 Å². The Kier molecular flexibility index (Phi) is 4.47. The van der Waals surface area contributed by atoms with Crippen molar-refractivity contribution in [3.05, 3.63) is 24.3 Å². The van der Waals surface area contributed by atoms with Gasteiger partial charge >= 0.3 is 0 Å². The van der Waals surface area contributed by atoms with Crippen LogP contribution in [0.25, 0.3) is 0 Å². The van der Waals surface area contributed by atoms with Crippen LogP contribution in [0.4, 0.5) is 5.69 Å². The van der Waals surface area contributed by atoms with Crippen molar-refractivity contribution in [2.45, 2.75) is 20.3 Å². The summed E-state index contributed by atoms with van der Waals surface area (Å²) in [5, 5.41) is 0. The second-order valence-corrected chi connectivity index (χ2v) is 4.42. The van der Waals surface area contributed by atoms with Crippen molar-refractivity contribution in [1.82, 2.24) is 0 Å². The van der Waals surface area contributed by atoms with Gasteiger partial charge in [0, 0.05) is 19.8 Å². The first-order valence-electron chi connectivity index (χ1n) is 5.50. The van der Waals surface area contributed by atoms with Crippen LogP contribution in [-0.4, -0.2) is 20.7 Å². The second-order valence-electron chi connectivity index (χ2n) is 4.42. The van der Waals surface area contributed by atoms with E-state index in [2.05, 4.69) is 30.9 Å². The average molecular weight is 207 g/mol. The Hall–Kier alpha value is -1.18. The third-order valence-electron chi connectivity index (χ3n) is 2.32. The standard InChI is InChI=1S/C13H21NO/c1-11(2)9-10-15-13-7-5-12(6-8-13)14(3)4/h5-8,11H,9-10H2,1-4H3. The molecule has 0 atom stereocenters. The van der Waals surface area contributed by atoms with E-state index in [0.717, 1.165) is 18.8 Å². The smallest absolute Gasteiger partial charge is 0.119 e. The highest BCUT2D eigenvalue weighted by Crippen LogP contribution is 2.17. The zero-order valence-corrected chi connectivity index (χ0v) is 10.2. The van der Waals surface area contributed by atoms with Gasteiger partial charge in [-0.2, -0.15) is 0 Å². The molecule has 0 radical (unpaired) electrons. The molecule has 1 aromatic rings. The summed E-state index contributed by atoms with van der Waals surface area (Å²) in [5.41, 5.74) is 1.20. The van der Waals surface area contributed by atoms with Crippen LogP contribution in [0, 0.1) is 5.92 Å². The lowest BCUT2D eigenvalue weighted by atomic mass is 10.1. The molecule has 0 bridgehead atoms. The van der Waals surface area contributed by atoms with Gasteiger partial charge in [0.1, 0.15) is 5.75 Å². The SMILES string of the molecule is CC(C)CCOc1ccc(N(C)C)cc1. The largest absolute Gasteiger partial charge is 0.494 e. The molecule has 2 heteroatoms. The minimum Gasteiger partial charge on any atom is -0.494 e. The van der Waals surface area contributed by atoms with Gasteiger partial charge in [0.25, 0.3) is 0 Å². The highest BCUT2D eigenvalue weighted by atomic mass is 16.5. The molecule has 0 saturated heterocycles. The lowest BCUT2D eigenvalue weighted by molar-refractivity contribution is 0.289. The first kappa shape index (κ1) is 11.9. The number of hydrogen-bond donors (Lipinski definition) is 0. The molecule has 0 amide bonds. The predicted octanol–water partition coefficient (Wildman–Crippen LogP) is 3.18. The second kappa shape index (κ2) is 5.64. The maximum atomic E-state index is 5.63. The van der Waals surface area contributed by atoms with Crippen molar-refractivity contribution >= 4 is 5.69 Å². The number of nitrogens with zero attached hydrogens (tertiary/aromatic N) is 1. The van der Waals surface area contributed by atoms with Gasteiger partial charge in [-0.15, -0.1) is 0 Å². The quantitative estimate of drug-likeness (QED) is 0.735. The fourth-order valence-corrected chi connectivity index (χ4v) is 1.25. The minimum atomic E-state index is 0.700. The molecule has 0 unspecified atom stereocenters. The lowest BCUT2D eigenvalue weighted by Gasteiger charge is -2.13. The summed E-state index contributed by atoms with van der Waals surface area (Å²) in [5.74, 6) is 1.66. The molecule has 0 aromatic heterocycles. The highest BCUT2D eigenvalue weighted by Gasteiger charge is 1.98. The van der Waals surface area contributed by atoms with E-state index in [-0.39, 0.29) is 0 Å². The molecule has 0 aliphatic heterocycles. The van der Waals surface area contributed by atoms with E-state index in [9.17, 15) is 0 Å². The molecule has 15 heavy (non-hydrogen) atoms. The van der Waals surface area contributed by atoms with Gasteiger partial charge in [0.2, 0.25) is 0 Å². The Balaban J connectivity index is 2.43. The molecule has 0 spiro atoms. The summed E-state index contributed by atoms with van der Waals surface area (Å²) in [6, 6.07) is 8.20. The molecule has 0 N–H and O–H groups in total. The van der Waals surface area contributed by atoms with Crippen molar-refractivity contribution in [3.63, 3.8) is 0 Å². The Labute approximate surface area is 92.9 Å². The monoisotopic (exact) mass is 207 g/mol. The summed E-state index contributed by atoms with van der Waals surface area (Å²) in [7, 11) is 4.07. The molecule has 0 fully saturated rings. The van der Waals surface area contributed by atoms with E-state index in [1.807, 2.05) is 26.2 Å². The molecule has 2 nitrogen and oxygen atoms in total. The van der Waals surface area contributed by atoms with Crippen molar-refractivity contribution < 1.29 is 4.74 Å². The van der Waals surface area contributed by atoms with Gasteiger partial charge in [0.15, 0.2) is 0 Å². The Morgan fingerprint density at radius 3 is 2.20 bits per heavy atom. The predicted molar refractivity (Wildman–Crippen MR) is 65.7 cm³/mol. The van der Waals surface area contributed by atoms with Crippen molar-refractivity contribution in [3.8, 4) is 5.75 Å². The molecule has 84 valence electrons. The molecule has 0 aliphatic rings. The molecular weight excluding hydrogens is 186 g/mol. The molecular formula is C13H21NO. The van der Waals surface area contributed by atoms with Crippen molar-refractivity contribution in [2.24, 2.45) is 5.92 Å². The molecule has 0 heterocycles. The van der Waals surface area contributed by atoms with Crippen LogP contribution in [0.5, 0.6) is 5.75 Å². The first-order chi connectivity index (χ1) is 7.09. The third kappa shape index (κ3) is 4.24. The maximum Gasteiger partial charge on any atom is 0.119 e. The molecule has 0 saturated carbocycles. The van der Waals surface area contributed by atoms with E-state index in [1.165, 1.54) is 5.69 Å². The van der Waals surface area contributed by atoms with Gasteiger partial charge in [-0.1, -0.05) is 13.8 Å². The van der Waals surface area contributed by atoms with Crippen molar-refractivity contribution in [2.75, 3.05) is 25.6 Å². The molecule has 1 rings (SSSR count). The van der Waals surface area contributed by atoms with Gasteiger partial charge in [-0.3, -0.25) is 0 Å². The normalized spacial score (nSPS) is 10.5. The Bertz CT molecular complexity index is 277. The first-order valence-corrected chi connectivity index (χ1v) is 5.50. The van der Waals surface area contributed by atoms with Gasteiger partial charge < -0.3 is 9.64 Å². The van der Waals surface area contributed by atoms with Gasteiger partial charge in [-0.05, 0) is 36.6 Å². The summed E-state index contributed by atoms with van der Waals surface area (Å²) in [4.78, 5) is 2.08. The third-order valence-corrected chi connectivity index (χ3v) is 2.32. The van der Waals surface area contributed by atoms with Crippen LogP contribution in [-0.2, 0) is 0 Å². The maximum absolute atomic E-state index is 5.63. The molecule has 0 aliphatic carbocycles. The van der Waals surface area contributed by atoms with Crippen LogP contribution in [0.15, 0.2) is 24.3 Å². The van der Waals surface area contributed by atoms with Crippen LogP contribution < -0.4 is 9.64 Å². The van der Waals surface area contributed by atoms with Crippen molar-refractivity contribution in [1.29, 1.82) is 0 Å². The zero-order valence-electron chi connectivity index (χ0n) is 10.2. The number of hydrogen-bond acceptors (Lipinski definition) is 2. The highest BCUT2D eigenvalue weighted by molar-refractivity contribution is 5.47. The summed E-state index contributed by atoms with van der Waals surface area (Å²) in [6.45, 7) is 5.22. The van der Waals surface area contributed by atoms with Gasteiger partial charge in [0.05, 0.1) is 6.61 Å². The van der Waals surface area contributed by atoms with Gasteiger partial charge in [-0.25, -0.2) is 0 Å². The van der Waals surface area contributed by atoms with Crippen LogP contribution in [0.2, 0.25) is 0 Å². The Morgan fingerprint density at radius 2 is 1.73 bits per heavy atom. The number of rotatable bonds is 5. The fraction of sp³-hybridized carbons (Fsp3) is 0.538. The lowest BCUT2D eigenvalue weighted by Crippen LogP contribution is -2.08. The summed E-state index contributed by atoms with van der Waals surface area (Å²) in [6.07, 6.45) is 1.11. The van der Waals surface area contributed by atoms with Crippen LogP contribution >= 0.6 is 0 Å². The number of anilines is 1. The summed E-state index contributed by atoms with van der Waals surface area (Å²) >= 11 is 0. The zero-order chi connectivity index (χ0) is 11.3. The number of ether oxygens (including phenoxy) is 1. The van der Waals surface area contributed by atoms with Crippen LogP contribution in [0.3, 0.4) is 0 Å². The summed E-state index contributed by atoms with van der Waals surface area (Å²) < 4.78 is 5.63. The number of benzene rings is 1. The average Bonchev–Trinajstić information content (AvgIpc) is 2.18. The molecule has 1 aromatic carbocycles. The van der Waals surface area contributed by atoms with E-state index in [4.69, 9.17) is 4.74 Å². The van der Waals surface area contributed by atoms with E-state index >= 15 is 0 Å². The topological polar surface area (TPSA) is 12.5 Å². The van der Waals surface area contributed by atoms with Crippen LogP contribution in [0.1, 0.15) is 20.3 Å².